The van der Waals surface area contributed by atoms with Gasteiger partial charge >= 0.3 is 0 Å². The van der Waals surface area contributed by atoms with Crippen LogP contribution in [-0.2, 0) is 4.79 Å². The Morgan fingerprint density at radius 1 is 0.957 bits per heavy atom. The molecule has 0 heterocycles. The average Bonchev–Trinajstić information content (AvgIpc) is 2.54. The van der Waals surface area contributed by atoms with Crippen LogP contribution >= 0.6 is 12.4 Å². The van der Waals surface area contributed by atoms with E-state index in [4.69, 9.17) is 5.73 Å². The number of benzene rings is 2. The van der Waals surface area contributed by atoms with Gasteiger partial charge in [0.05, 0.1) is 5.92 Å². The number of rotatable bonds is 6. The fourth-order valence-corrected chi connectivity index (χ4v) is 2.64. The molecule has 2 atom stereocenters. The Labute approximate surface area is 144 Å². The van der Waals surface area contributed by atoms with E-state index in [2.05, 4.69) is 19.2 Å². The summed E-state index contributed by atoms with van der Waals surface area (Å²) in [4.78, 5) is 12.6. The van der Waals surface area contributed by atoms with E-state index in [0.717, 1.165) is 11.1 Å². The highest BCUT2D eigenvalue weighted by atomic mass is 35.5. The van der Waals surface area contributed by atoms with Crippen LogP contribution in [0.5, 0.6) is 0 Å². The summed E-state index contributed by atoms with van der Waals surface area (Å²) in [6, 6.07) is 19.5. The zero-order chi connectivity index (χ0) is 15.9. The summed E-state index contributed by atoms with van der Waals surface area (Å²) >= 11 is 0. The Kier molecular flexibility index (Phi) is 7.79. The smallest absolute Gasteiger partial charge is 0.227 e. The molecule has 2 rings (SSSR count). The quantitative estimate of drug-likeness (QED) is 0.848. The molecule has 124 valence electrons. The van der Waals surface area contributed by atoms with E-state index in [-0.39, 0.29) is 36.2 Å². The van der Waals surface area contributed by atoms with Gasteiger partial charge in [0.15, 0.2) is 0 Å². The van der Waals surface area contributed by atoms with Gasteiger partial charge in [-0.25, -0.2) is 0 Å². The molecular formula is C19H25ClN2O. The first kappa shape index (κ1) is 19.2. The van der Waals surface area contributed by atoms with Gasteiger partial charge in [-0.05, 0) is 17.0 Å². The standard InChI is InChI=1S/C19H24N2O.ClH/c1-14(2)18(16-11-7-4-8-12-16)19(22)21-13-17(20)15-9-5-3-6-10-15;/h3-12,14,17-18H,13,20H2,1-2H3,(H,21,22);1H. The minimum Gasteiger partial charge on any atom is -0.354 e. The Balaban J connectivity index is 0.00000264. The molecule has 3 nitrogen and oxygen atoms in total. The minimum absolute atomic E-state index is 0. The first-order chi connectivity index (χ1) is 10.6. The first-order valence-corrected chi connectivity index (χ1v) is 7.72. The van der Waals surface area contributed by atoms with Crippen molar-refractivity contribution >= 4 is 18.3 Å². The molecule has 2 aromatic rings. The summed E-state index contributed by atoms with van der Waals surface area (Å²) in [6.07, 6.45) is 0. The second kappa shape index (κ2) is 9.33. The van der Waals surface area contributed by atoms with Crippen LogP contribution in [0.1, 0.15) is 36.9 Å². The van der Waals surface area contributed by atoms with Crippen molar-refractivity contribution in [1.29, 1.82) is 0 Å². The molecule has 0 spiro atoms. The molecule has 0 fully saturated rings. The molecule has 4 heteroatoms. The zero-order valence-electron chi connectivity index (χ0n) is 13.6. The number of hydrogen-bond acceptors (Lipinski definition) is 2. The van der Waals surface area contributed by atoms with Crippen molar-refractivity contribution in [1.82, 2.24) is 5.32 Å². The lowest BCUT2D eigenvalue weighted by molar-refractivity contribution is -0.123. The second-order valence-electron chi connectivity index (χ2n) is 5.89. The Bertz CT molecular complexity index is 587. The fourth-order valence-electron chi connectivity index (χ4n) is 2.64. The summed E-state index contributed by atoms with van der Waals surface area (Å²) in [6.45, 7) is 4.57. The maximum absolute atomic E-state index is 12.6. The van der Waals surface area contributed by atoms with Crippen LogP contribution in [0.25, 0.3) is 0 Å². The third kappa shape index (κ3) is 5.38. The van der Waals surface area contributed by atoms with Crippen molar-refractivity contribution in [2.45, 2.75) is 25.8 Å². The van der Waals surface area contributed by atoms with Gasteiger partial charge in [-0.15, -0.1) is 12.4 Å². The first-order valence-electron chi connectivity index (χ1n) is 7.72. The zero-order valence-corrected chi connectivity index (χ0v) is 14.4. The van der Waals surface area contributed by atoms with Crippen molar-refractivity contribution in [2.75, 3.05) is 6.54 Å². The number of nitrogens with two attached hydrogens (primary N) is 1. The van der Waals surface area contributed by atoms with Gasteiger partial charge in [-0.1, -0.05) is 74.5 Å². The molecule has 0 aliphatic carbocycles. The van der Waals surface area contributed by atoms with E-state index >= 15 is 0 Å². The molecule has 3 N–H and O–H groups in total. The topological polar surface area (TPSA) is 55.1 Å². The van der Waals surface area contributed by atoms with Crippen molar-refractivity contribution in [3.8, 4) is 0 Å². The van der Waals surface area contributed by atoms with Crippen LogP contribution in [0.4, 0.5) is 0 Å². The molecule has 0 saturated carbocycles. The average molecular weight is 333 g/mol. The SMILES string of the molecule is CC(C)C(C(=O)NCC(N)c1ccccc1)c1ccccc1.Cl. The molecular weight excluding hydrogens is 308 g/mol. The summed E-state index contributed by atoms with van der Waals surface area (Å²) in [7, 11) is 0. The number of hydrogen-bond donors (Lipinski definition) is 2. The maximum atomic E-state index is 12.6. The van der Waals surface area contributed by atoms with Crippen LogP contribution in [0.15, 0.2) is 60.7 Å². The predicted octanol–water partition coefficient (Wildman–Crippen LogP) is 3.66. The molecule has 1 amide bonds. The van der Waals surface area contributed by atoms with Crippen molar-refractivity contribution in [3.05, 3.63) is 71.8 Å². The van der Waals surface area contributed by atoms with Gasteiger partial charge in [-0.3, -0.25) is 4.79 Å². The largest absolute Gasteiger partial charge is 0.354 e. The van der Waals surface area contributed by atoms with Crippen molar-refractivity contribution in [2.24, 2.45) is 11.7 Å². The van der Waals surface area contributed by atoms with Gasteiger partial charge in [0.2, 0.25) is 5.91 Å². The lowest BCUT2D eigenvalue weighted by Crippen LogP contribution is -2.36. The normalized spacial score (nSPS) is 13.0. The number of nitrogens with one attached hydrogen (secondary N) is 1. The van der Waals surface area contributed by atoms with Crippen LogP contribution < -0.4 is 11.1 Å². The van der Waals surface area contributed by atoms with Crippen LogP contribution in [0.3, 0.4) is 0 Å². The predicted molar refractivity (Wildman–Crippen MR) is 97.6 cm³/mol. The van der Waals surface area contributed by atoms with E-state index in [1.807, 2.05) is 60.7 Å². The third-order valence-electron chi connectivity index (χ3n) is 3.83. The summed E-state index contributed by atoms with van der Waals surface area (Å²) < 4.78 is 0. The van der Waals surface area contributed by atoms with Gasteiger partial charge in [0.1, 0.15) is 0 Å². The molecule has 2 aromatic carbocycles. The molecule has 2 unspecified atom stereocenters. The van der Waals surface area contributed by atoms with Crippen molar-refractivity contribution < 1.29 is 4.79 Å². The third-order valence-corrected chi connectivity index (χ3v) is 3.83. The Hall–Kier alpha value is -1.84. The van der Waals surface area contributed by atoms with Gasteiger partial charge in [0, 0.05) is 12.6 Å². The molecule has 0 bridgehead atoms. The molecule has 23 heavy (non-hydrogen) atoms. The molecule has 0 aliphatic rings. The van der Waals surface area contributed by atoms with Crippen LogP contribution in [-0.4, -0.2) is 12.5 Å². The molecule has 0 aromatic heterocycles. The van der Waals surface area contributed by atoms with Gasteiger partial charge in [0.25, 0.3) is 0 Å². The fraction of sp³-hybridized carbons (Fsp3) is 0.316. The molecule has 0 saturated heterocycles. The Morgan fingerprint density at radius 3 is 1.91 bits per heavy atom. The summed E-state index contributed by atoms with van der Waals surface area (Å²) in [5, 5.41) is 3.00. The lowest BCUT2D eigenvalue weighted by Gasteiger charge is -2.22. The highest BCUT2D eigenvalue weighted by Crippen LogP contribution is 2.24. The minimum atomic E-state index is -0.186. The van der Waals surface area contributed by atoms with E-state index in [9.17, 15) is 4.79 Å². The highest BCUT2D eigenvalue weighted by Gasteiger charge is 2.24. The van der Waals surface area contributed by atoms with E-state index in [1.165, 1.54) is 0 Å². The number of carbonyl (C=O) groups is 1. The van der Waals surface area contributed by atoms with E-state index in [0.29, 0.717) is 6.54 Å². The van der Waals surface area contributed by atoms with E-state index < -0.39 is 0 Å². The van der Waals surface area contributed by atoms with Crippen LogP contribution in [0, 0.1) is 5.92 Å². The summed E-state index contributed by atoms with van der Waals surface area (Å²) in [5.74, 6) is 0.118. The molecule has 0 radical (unpaired) electrons. The highest BCUT2D eigenvalue weighted by molar-refractivity contribution is 5.85. The van der Waals surface area contributed by atoms with Crippen LogP contribution in [0.2, 0.25) is 0 Å². The van der Waals surface area contributed by atoms with Crippen molar-refractivity contribution in [3.63, 3.8) is 0 Å². The summed E-state index contributed by atoms with van der Waals surface area (Å²) in [5.41, 5.74) is 8.22. The van der Waals surface area contributed by atoms with Gasteiger partial charge in [-0.2, -0.15) is 0 Å². The number of halogens is 1. The van der Waals surface area contributed by atoms with Gasteiger partial charge < -0.3 is 11.1 Å². The number of amides is 1. The molecule has 0 aliphatic heterocycles. The Morgan fingerprint density at radius 2 is 1.43 bits per heavy atom. The second-order valence-corrected chi connectivity index (χ2v) is 5.89. The monoisotopic (exact) mass is 332 g/mol. The maximum Gasteiger partial charge on any atom is 0.227 e. The number of carbonyl (C=O) groups excluding carboxylic acids is 1. The lowest BCUT2D eigenvalue weighted by atomic mass is 9.87. The van der Waals surface area contributed by atoms with E-state index in [1.54, 1.807) is 0 Å².